The van der Waals surface area contributed by atoms with Gasteiger partial charge in [-0.05, 0) is 49.8 Å². The van der Waals surface area contributed by atoms with Crippen LogP contribution in [0.4, 0.5) is 5.82 Å². The van der Waals surface area contributed by atoms with Crippen molar-refractivity contribution in [1.29, 1.82) is 0 Å². The molecule has 1 heterocycles. The molecule has 116 valence electrons. The van der Waals surface area contributed by atoms with E-state index in [1.807, 2.05) is 0 Å². The number of hydrogen-bond donors (Lipinski definition) is 1. The third-order valence-corrected chi connectivity index (χ3v) is 4.80. The molecule has 0 spiro atoms. The predicted octanol–water partition coefficient (Wildman–Crippen LogP) is 3.62. The van der Waals surface area contributed by atoms with Crippen molar-refractivity contribution >= 4 is 5.82 Å². The Hall–Kier alpha value is -1.09. The summed E-state index contributed by atoms with van der Waals surface area (Å²) in [7, 11) is 2.21. The zero-order valence-electron chi connectivity index (χ0n) is 13.9. The zero-order valence-corrected chi connectivity index (χ0v) is 13.9. The fourth-order valence-electron chi connectivity index (χ4n) is 2.75. The van der Waals surface area contributed by atoms with E-state index >= 15 is 0 Å². The average molecular weight is 287 g/mol. The standard InChI is InChI=1S/C18H29N3/c1-18(2,3)16-10-13(12-19-14-8-9-14)11-17(20-16)21(4)15-6-5-7-15/h10-11,14-15,19H,5-9,12H2,1-4H3. The van der Waals surface area contributed by atoms with E-state index in [0.29, 0.717) is 6.04 Å². The number of hydrogen-bond acceptors (Lipinski definition) is 3. The van der Waals surface area contributed by atoms with Crippen molar-refractivity contribution in [2.24, 2.45) is 0 Å². The van der Waals surface area contributed by atoms with Gasteiger partial charge in [0.2, 0.25) is 0 Å². The first-order chi connectivity index (χ1) is 9.93. The van der Waals surface area contributed by atoms with Crippen LogP contribution in [0.15, 0.2) is 12.1 Å². The molecule has 2 fully saturated rings. The fraction of sp³-hybridized carbons (Fsp3) is 0.722. The lowest BCUT2D eigenvalue weighted by atomic mass is 9.90. The summed E-state index contributed by atoms with van der Waals surface area (Å²) in [6.07, 6.45) is 6.67. The Morgan fingerprint density at radius 3 is 2.43 bits per heavy atom. The number of pyridine rings is 1. The van der Waals surface area contributed by atoms with Gasteiger partial charge in [0.05, 0.1) is 0 Å². The Morgan fingerprint density at radius 2 is 1.90 bits per heavy atom. The van der Waals surface area contributed by atoms with Gasteiger partial charge in [-0.3, -0.25) is 0 Å². The second-order valence-electron chi connectivity index (χ2n) is 7.82. The highest BCUT2D eigenvalue weighted by Crippen LogP contribution is 2.30. The van der Waals surface area contributed by atoms with Crippen molar-refractivity contribution in [2.45, 2.75) is 76.9 Å². The number of nitrogens with one attached hydrogen (secondary N) is 1. The van der Waals surface area contributed by atoms with Crippen LogP contribution in [-0.2, 0) is 12.0 Å². The second kappa shape index (κ2) is 5.60. The van der Waals surface area contributed by atoms with Crippen LogP contribution in [0.1, 0.15) is 64.1 Å². The molecule has 1 N–H and O–H groups in total. The molecule has 1 aromatic heterocycles. The Morgan fingerprint density at radius 1 is 1.19 bits per heavy atom. The molecule has 21 heavy (non-hydrogen) atoms. The molecule has 0 bridgehead atoms. The summed E-state index contributed by atoms with van der Waals surface area (Å²) < 4.78 is 0. The highest BCUT2D eigenvalue weighted by Gasteiger charge is 2.25. The Labute approximate surface area is 129 Å². The molecule has 2 aliphatic carbocycles. The molecular weight excluding hydrogens is 258 g/mol. The Bertz CT molecular complexity index is 496. The molecule has 3 rings (SSSR count). The largest absolute Gasteiger partial charge is 0.357 e. The second-order valence-corrected chi connectivity index (χ2v) is 7.82. The maximum absolute atomic E-state index is 4.95. The number of anilines is 1. The highest BCUT2D eigenvalue weighted by molar-refractivity contribution is 5.44. The summed E-state index contributed by atoms with van der Waals surface area (Å²) in [5.41, 5.74) is 2.69. The third-order valence-electron chi connectivity index (χ3n) is 4.80. The van der Waals surface area contributed by atoms with Gasteiger partial charge >= 0.3 is 0 Å². The van der Waals surface area contributed by atoms with E-state index in [4.69, 9.17) is 4.98 Å². The average Bonchev–Trinajstić information content (AvgIpc) is 3.17. The number of nitrogens with zero attached hydrogens (tertiary/aromatic N) is 2. The summed E-state index contributed by atoms with van der Waals surface area (Å²) in [6.45, 7) is 7.73. The molecule has 0 atom stereocenters. The predicted molar refractivity (Wildman–Crippen MR) is 88.8 cm³/mol. The normalized spacial score (nSPS) is 19.4. The molecular formula is C18H29N3. The van der Waals surface area contributed by atoms with Crippen molar-refractivity contribution in [3.05, 3.63) is 23.4 Å². The van der Waals surface area contributed by atoms with Crippen LogP contribution in [0.2, 0.25) is 0 Å². The molecule has 0 saturated heterocycles. The van der Waals surface area contributed by atoms with Crippen molar-refractivity contribution < 1.29 is 0 Å². The maximum Gasteiger partial charge on any atom is 0.129 e. The maximum atomic E-state index is 4.95. The lowest BCUT2D eigenvalue weighted by molar-refractivity contribution is 0.398. The summed E-state index contributed by atoms with van der Waals surface area (Å²) in [5.74, 6) is 1.15. The van der Waals surface area contributed by atoms with Gasteiger partial charge in [-0.15, -0.1) is 0 Å². The topological polar surface area (TPSA) is 28.2 Å². The Balaban J connectivity index is 1.83. The fourth-order valence-corrected chi connectivity index (χ4v) is 2.75. The van der Waals surface area contributed by atoms with Crippen molar-refractivity contribution in [3.8, 4) is 0 Å². The van der Waals surface area contributed by atoms with E-state index in [2.05, 4.69) is 50.2 Å². The summed E-state index contributed by atoms with van der Waals surface area (Å²) in [6, 6.07) is 6.01. The van der Waals surface area contributed by atoms with Crippen LogP contribution in [-0.4, -0.2) is 24.1 Å². The van der Waals surface area contributed by atoms with Gasteiger partial charge in [-0.1, -0.05) is 20.8 Å². The summed E-state index contributed by atoms with van der Waals surface area (Å²) in [4.78, 5) is 7.34. The molecule has 2 aliphatic rings. The minimum Gasteiger partial charge on any atom is -0.357 e. The minimum absolute atomic E-state index is 0.102. The van der Waals surface area contributed by atoms with Crippen LogP contribution in [0.25, 0.3) is 0 Å². The van der Waals surface area contributed by atoms with Crippen molar-refractivity contribution in [3.63, 3.8) is 0 Å². The van der Waals surface area contributed by atoms with E-state index in [1.54, 1.807) is 0 Å². The van der Waals surface area contributed by atoms with Crippen LogP contribution in [0, 0.1) is 0 Å². The van der Waals surface area contributed by atoms with Gasteiger partial charge in [0.15, 0.2) is 0 Å². The van der Waals surface area contributed by atoms with E-state index in [0.717, 1.165) is 18.4 Å². The van der Waals surface area contributed by atoms with Gasteiger partial charge in [-0.2, -0.15) is 0 Å². The van der Waals surface area contributed by atoms with E-state index in [9.17, 15) is 0 Å². The van der Waals surface area contributed by atoms with Crippen molar-refractivity contribution in [1.82, 2.24) is 10.3 Å². The number of aromatic nitrogens is 1. The lowest BCUT2D eigenvalue weighted by Crippen LogP contribution is -2.38. The molecule has 3 heteroatoms. The lowest BCUT2D eigenvalue weighted by Gasteiger charge is -2.36. The SMILES string of the molecule is CN(c1cc(CNC2CC2)cc(C(C)(C)C)n1)C1CCC1. The summed E-state index contributed by atoms with van der Waals surface area (Å²) in [5, 5.41) is 3.63. The summed E-state index contributed by atoms with van der Waals surface area (Å²) >= 11 is 0. The number of rotatable bonds is 5. The van der Waals surface area contributed by atoms with Crippen LogP contribution >= 0.6 is 0 Å². The first kappa shape index (κ1) is 14.8. The minimum atomic E-state index is 0.102. The van der Waals surface area contributed by atoms with Crippen LogP contribution < -0.4 is 10.2 Å². The molecule has 0 aliphatic heterocycles. The van der Waals surface area contributed by atoms with Gasteiger partial charge in [0.1, 0.15) is 5.82 Å². The first-order valence-electron chi connectivity index (χ1n) is 8.41. The highest BCUT2D eigenvalue weighted by atomic mass is 15.2. The quantitative estimate of drug-likeness (QED) is 0.896. The zero-order chi connectivity index (χ0) is 15.0. The van der Waals surface area contributed by atoms with Gasteiger partial charge in [0.25, 0.3) is 0 Å². The van der Waals surface area contributed by atoms with Crippen molar-refractivity contribution in [2.75, 3.05) is 11.9 Å². The Kier molecular flexibility index (Phi) is 3.96. The van der Waals surface area contributed by atoms with E-state index < -0.39 is 0 Å². The molecule has 0 amide bonds. The smallest absolute Gasteiger partial charge is 0.129 e. The van der Waals surface area contributed by atoms with E-state index in [1.165, 1.54) is 43.4 Å². The van der Waals surface area contributed by atoms with Gasteiger partial charge < -0.3 is 10.2 Å². The third kappa shape index (κ3) is 3.57. The van der Waals surface area contributed by atoms with Gasteiger partial charge in [-0.25, -0.2) is 4.98 Å². The molecule has 1 aromatic rings. The van der Waals surface area contributed by atoms with Crippen LogP contribution in [0.5, 0.6) is 0 Å². The molecule has 0 unspecified atom stereocenters. The van der Waals surface area contributed by atoms with Gasteiger partial charge in [0, 0.05) is 36.8 Å². The molecule has 2 saturated carbocycles. The monoisotopic (exact) mass is 287 g/mol. The first-order valence-corrected chi connectivity index (χ1v) is 8.41. The molecule has 0 aromatic carbocycles. The van der Waals surface area contributed by atoms with Crippen LogP contribution in [0.3, 0.4) is 0 Å². The van der Waals surface area contributed by atoms with E-state index in [-0.39, 0.29) is 5.41 Å². The molecule has 0 radical (unpaired) electrons. The molecule has 3 nitrogen and oxygen atoms in total.